The fourth-order valence-electron chi connectivity index (χ4n) is 2.13. The van der Waals surface area contributed by atoms with Gasteiger partial charge in [-0.3, -0.25) is 10.1 Å². The molecule has 1 atom stereocenters. The summed E-state index contributed by atoms with van der Waals surface area (Å²) in [5.74, 6) is 0.296. The average Bonchev–Trinajstić information content (AvgIpc) is 3.18. The molecule has 1 saturated heterocycles. The zero-order valence-corrected chi connectivity index (χ0v) is 12.1. The molecule has 2 heterocycles. The first kappa shape index (κ1) is 14.0. The van der Waals surface area contributed by atoms with Crippen LogP contribution in [0.3, 0.4) is 0 Å². The molecule has 3 rings (SSSR count). The lowest BCUT2D eigenvalue weighted by Gasteiger charge is -2.14. The Morgan fingerprint density at radius 2 is 2.38 bits per heavy atom. The molecule has 110 valence electrons. The van der Waals surface area contributed by atoms with Crippen LogP contribution in [0.1, 0.15) is 23.2 Å². The van der Waals surface area contributed by atoms with Crippen molar-refractivity contribution < 1.29 is 14.3 Å². The van der Waals surface area contributed by atoms with Gasteiger partial charge in [0.05, 0.1) is 11.7 Å². The highest BCUT2D eigenvalue weighted by molar-refractivity contribution is 7.13. The minimum absolute atomic E-state index is 0.115. The second kappa shape index (κ2) is 6.64. The lowest BCUT2D eigenvalue weighted by molar-refractivity contribution is 0.0673. The highest BCUT2D eigenvalue weighted by Crippen LogP contribution is 2.22. The molecule has 0 radical (unpaired) electrons. The third-order valence-electron chi connectivity index (χ3n) is 3.16. The van der Waals surface area contributed by atoms with Crippen LogP contribution in [0.5, 0.6) is 5.75 Å². The number of hydrogen-bond donors (Lipinski definition) is 1. The Balaban J connectivity index is 1.67. The average molecular weight is 305 g/mol. The number of amides is 1. The lowest BCUT2D eigenvalue weighted by Crippen LogP contribution is -2.19. The largest absolute Gasteiger partial charge is 0.490 e. The highest BCUT2D eigenvalue weighted by atomic mass is 32.1. The van der Waals surface area contributed by atoms with Crippen LogP contribution in [-0.2, 0) is 4.74 Å². The van der Waals surface area contributed by atoms with Crippen molar-refractivity contribution in [2.24, 2.45) is 0 Å². The molecule has 7 heteroatoms. The van der Waals surface area contributed by atoms with E-state index in [1.807, 2.05) is 6.07 Å². The Morgan fingerprint density at radius 1 is 1.48 bits per heavy atom. The fraction of sp³-hybridized carbons (Fsp3) is 0.357. The molecule has 0 bridgehead atoms. The first-order chi connectivity index (χ1) is 10.3. The number of carbonyl (C=O) groups excluding carboxylic acids is 1. The third-order valence-corrected chi connectivity index (χ3v) is 3.77. The molecule has 0 aliphatic carbocycles. The summed E-state index contributed by atoms with van der Waals surface area (Å²) in [6.45, 7) is 1.25. The summed E-state index contributed by atoms with van der Waals surface area (Å²) in [5, 5.41) is 10.7. The minimum Gasteiger partial charge on any atom is -0.490 e. The van der Waals surface area contributed by atoms with Crippen LogP contribution < -0.4 is 10.1 Å². The van der Waals surface area contributed by atoms with Crippen LogP contribution in [-0.4, -0.2) is 35.4 Å². The van der Waals surface area contributed by atoms with Gasteiger partial charge in [-0.1, -0.05) is 23.5 Å². The fourth-order valence-corrected chi connectivity index (χ4v) is 2.57. The maximum atomic E-state index is 12.2. The first-order valence-electron chi connectivity index (χ1n) is 6.74. The first-order valence-corrected chi connectivity index (χ1v) is 7.62. The van der Waals surface area contributed by atoms with Crippen molar-refractivity contribution in [3.63, 3.8) is 0 Å². The molecule has 1 amide bonds. The molecule has 1 aliphatic rings. The smallest absolute Gasteiger partial charge is 0.261 e. The summed E-state index contributed by atoms with van der Waals surface area (Å²) >= 11 is 1.27. The lowest BCUT2D eigenvalue weighted by atomic mass is 10.2. The summed E-state index contributed by atoms with van der Waals surface area (Å²) in [6, 6.07) is 7.14. The van der Waals surface area contributed by atoms with Gasteiger partial charge in [0.15, 0.2) is 0 Å². The number of nitrogens with one attached hydrogen (secondary N) is 1. The Bertz CT molecular complexity index is 597. The summed E-state index contributed by atoms with van der Waals surface area (Å²) < 4.78 is 11.3. The number of anilines is 1. The van der Waals surface area contributed by atoms with E-state index in [1.54, 1.807) is 23.7 Å². The van der Waals surface area contributed by atoms with Gasteiger partial charge in [-0.05, 0) is 25.0 Å². The number of carbonyl (C=O) groups is 1. The zero-order chi connectivity index (χ0) is 14.5. The second-order valence-electron chi connectivity index (χ2n) is 4.64. The van der Waals surface area contributed by atoms with Crippen molar-refractivity contribution in [2.45, 2.75) is 18.9 Å². The predicted octanol–water partition coefficient (Wildman–Crippen LogP) is 2.35. The molecule has 1 unspecified atom stereocenters. The van der Waals surface area contributed by atoms with Gasteiger partial charge in [-0.25, -0.2) is 0 Å². The molecule has 1 aliphatic heterocycles. The van der Waals surface area contributed by atoms with Crippen molar-refractivity contribution in [1.82, 2.24) is 10.2 Å². The molecule has 1 N–H and O–H groups in total. The van der Waals surface area contributed by atoms with Crippen LogP contribution in [0.4, 0.5) is 5.13 Å². The zero-order valence-electron chi connectivity index (χ0n) is 11.3. The quantitative estimate of drug-likeness (QED) is 0.918. The van der Waals surface area contributed by atoms with E-state index in [1.165, 1.54) is 11.3 Å². The summed E-state index contributed by atoms with van der Waals surface area (Å²) in [5.41, 5.74) is 2.04. The molecule has 1 aromatic heterocycles. The topological polar surface area (TPSA) is 73.3 Å². The van der Waals surface area contributed by atoms with Crippen LogP contribution in [0.15, 0.2) is 29.8 Å². The molecule has 0 saturated carbocycles. The standard InChI is InChI=1S/C14H15N3O3S/c18-13(16-14-17-15-9-21-14)11-5-1-2-6-12(11)20-8-10-4-3-7-19-10/h1-2,5-6,9-10H,3-4,7-8H2,(H,16,17,18). The van der Waals surface area contributed by atoms with Gasteiger partial charge in [0, 0.05) is 6.61 Å². The minimum atomic E-state index is -0.255. The van der Waals surface area contributed by atoms with Gasteiger partial charge in [0.25, 0.3) is 5.91 Å². The predicted molar refractivity (Wildman–Crippen MR) is 78.8 cm³/mol. The van der Waals surface area contributed by atoms with Crippen molar-refractivity contribution in [3.8, 4) is 5.75 Å². The SMILES string of the molecule is O=C(Nc1nncs1)c1ccccc1OCC1CCCO1. The maximum Gasteiger partial charge on any atom is 0.261 e. The molecular weight excluding hydrogens is 290 g/mol. The summed E-state index contributed by atoms with van der Waals surface area (Å²) in [7, 11) is 0. The molecule has 0 spiro atoms. The van der Waals surface area contributed by atoms with Gasteiger partial charge >= 0.3 is 0 Å². The van der Waals surface area contributed by atoms with E-state index in [4.69, 9.17) is 9.47 Å². The van der Waals surface area contributed by atoms with E-state index in [0.29, 0.717) is 23.1 Å². The molecular formula is C14H15N3O3S. The number of nitrogens with zero attached hydrogens (tertiary/aromatic N) is 2. The van der Waals surface area contributed by atoms with Crippen molar-refractivity contribution in [3.05, 3.63) is 35.3 Å². The summed E-state index contributed by atoms with van der Waals surface area (Å²) in [4.78, 5) is 12.2. The molecule has 1 aromatic carbocycles. The third kappa shape index (κ3) is 3.56. The normalized spacial score (nSPS) is 17.6. The number of rotatable bonds is 5. The molecule has 6 nitrogen and oxygen atoms in total. The van der Waals surface area contributed by atoms with Crippen LogP contribution in [0.25, 0.3) is 0 Å². The van der Waals surface area contributed by atoms with Gasteiger partial charge in [-0.15, -0.1) is 10.2 Å². The van der Waals surface area contributed by atoms with Crippen LogP contribution in [0, 0.1) is 0 Å². The molecule has 21 heavy (non-hydrogen) atoms. The highest BCUT2D eigenvalue weighted by Gasteiger charge is 2.18. The Hall–Kier alpha value is -1.99. The monoisotopic (exact) mass is 305 g/mol. The van der Waals surface area contributed by atoms with E-state index in [2.05, 4.69) is 15.5 Å². The molecule has 2 aromatic rings. The number of benzene rings is 1. The van der Waals surface area contributed by atoms with Gasteiger partial charge in [0.2, 0.25) is 5.13 Å². The Morgan fingerprint density at radius 3 is 3.14 bits per heavy atom. The van der Waals surface area contributed by atoms with E-state index in [-0.39, 0.29) is 12.0 Å². The summed E-state index contributed by atoms with van der Waals surface area (Å²) in [6.07, 6.45) is 2.18. The van der Waals surface area contributed by atoms with Gasteiger partial charge < -0.3 is 9.47 Å². The van der Waals surface area contributed by atoms with E-state index >= 15 is 0 Å². The number of hydrogen-bond acceptors (Lipinski definition) is 6. The van der Waals surface area contributed by atoms with E-state index in [9.17, 15) is 4.79 Å². The van der Waals surface area contributed by atoms with Gasteiger partial charge in [0.1, 0.15) is 17.9 Å². The second-order valence-corrected chi connectivity index (χ2v) is 5.47. The van der Waals surface area contributed by atoms with Crippen molar-refractivity contribution >= 4 is 22.4 Å². The van der Waals surface area contributed by atoms with Gasteiger partial charge in [-0.2, -0.15) is 0 Å². The van der Waals surface area contributed by atoms with E-state index < -0.39 is 0 Å². The number of para-hydroxylation sites is 1. The van der Waals surface area contributed by atoms with Crippen molar-refractivity contribution in [2.75, 3.05) is 18.5 Å². The number of ether oxygens (including phenoxy) is 2. The Labute approximate surface area is 126 Å². The molecule has 1 fully saturated rings. The maximum absolute atomic E-state index is 12.2. The Kier molecular flexibility index (Phi) is 4.42. The van der Waals surface area contributed by atoms with Crippen LogP contribution >= 0.6 is 11.3 Å². The van der Waals surface area contributed by atoms with Crippen molar-refractivity contribution in [1.29, 1.82) is 0 Å². The van der Waals surface area contributed by atoms with Crippen LogP contribution in [0.2, 0.25) is 0 Å². The van der Waals surface area contributed by atoms with E-state index in [0.717, 1.165) is 19.4 Å². The number of aromatic nitrogens is 2.